The van der Waals surface area contributed by atoms with Gasteiger partial charge in [-0.25, -0.2) is 0 Å². The van der Waals surface area contributed by atoms with Crippen molar-refractivity contribution in [2.24, 2.45) is 0 Å². The molecule has 0 bridgehead atoms. The van der Waals surface area contributed by atoms with Crippen molar-refractivity contribution in [3.8, 4) is 10.4 Å². The first-order valence-electron chi connectivity index (χ1n) is 6.23. The van der Waals surface area contributed by atoms with E-state index in [1.54, 1.807) is 4.90 Å². The molecule has 0 unspecified atom stereocenters. The highest BCUT2D eigenvalue weighted by molar-refractivity contribution is 7.17. The topological polar surface area (TPSA) is 20.3 Å². The first-order chi connectivity index (χ1) is 9.11. The summed E-state index contributed by atoms with van der Waals surface area (Å²) in [6, 6.07) is 11.5. The highest BCUT2D eigenvalue weighted by Crippen LogP contribution is 2.30. The van der Waals surface area contributed by atoms with E-state index in [9.17, 15) is 4.79 Å². The van der Waals surface area contributed by atoms with Gasteiger partial charge in [0.15, 0.2) is 0 Å². The molecular weight excluding hydrogens is 278 g/mol. The lowest BCUT2D eigenvalue weighted by atomic mass is 10.2. The van der Waals surface area contributed by atoms with E-state index < -0.39 is 0 Å². The van der Waals surface area contributed by atoms with E-state index in [2.05, 4.69) is 6.92 Å². The molecule has 0 aliphatic carbocycles. The van der Waals surface area contributed by atoms with Crippen molar-refractivity contribution < 1.29 is 4.79 Å². The molecule has 0 aliphatic heterocycles. The zero-order valence-corrected chi connectivity index (χ0v) is 12.6. The molecule has 19 heavy (non-hydrogen) atoms. The Morgan fingerprint density at radius 1 is 1.32 bits per heavy atom. The molecule has 0 aliphatic rings. The Morgan fingerprint density at radius 3 is 2.79 bits per heavy atom. The van der Waals surface area contributed by atoms with Gasteiger partial charge in [-0.3, -0.25) is 4.79 Å². The minimum atomic E-state index is 0.0835. The molecule has 0 spiro atoms. The second-order valence-corrected chi connectivity index (χ2v) is 5.92. The molecule has 1 heterocycles. The van der Waals surface area contributed by atoms with Crippen molar-refractivity contribution in [2.75, 3.05) is 13.6 Å². The number of hydrogen-bond acceptors (Lipinski definition) is 2. The molecule has 1 aromatic heterocycles. The molecule has 0 radical (unpaired) electrons. The van der Waals surface area contributed by atoms with Gasteiger partial charge in [-0.1, -0.05) is 30.7 Å². The van der Waals surface area contributed by atoms with Crippen LogP contribution >= 0.6 is 22.9 Å². The predicted molar refractivity (Wildman–Crippen MR) is 82.0 cm³/mol. The summed E-state index contributed by atoms with van der Waals surface area (Å²) in [6.07, 6.45) is 0.967. The van der Waals surface area contributed by atoms with Gasteiger partial charge in [0.05, 0.1) is 4.88 Å². The van der Waals surface area contributed by atoms with Crippen LogP contribution in [0.15, 0.2) is 36.4 Å². The average Bonchev–Trinajstić information content (AvgIpc) is 2.87. The molecule has 0 fully saturated rings. The quantitative estimate of drug-likeness (QED) is 0.810. The number of carbonyl (C=O) groups is 1. The SMILES string of the molecule is CCCN(C)C(=O)c1ccc(-c2cccc(Cl)c2)s1. The highest BCUT2D eigenvalue weighted by atomic mass is 35.5. The fourth-order valence-corrected chi connectivity index (χ4v) is 3.06. The van der Waals surface area contributed by atoms with Crippen LogP contribution in [0.1, 0.15) is 23.0 Å². The first kappa shape index (κ1) is 14.1. The normalized spacial score (nSPS) is 10.5. The molecule has 2 nitrogen and oxygen atoms in total. The molecule has 1 aromatic carbocycles. The third kappa shape index (κ3) is 3.37. The van der Waals surface area contributed by atoms with Crippen molar-refractivity contribution in [1.82, 2.24) is 4.90 Å². The van der Waals surface area contributed by atoms with Crippen LogP contribution in [0.5, 0.6) is 0 Å². The minimum Gasteiger partial charge on any atom is -0.341 e. The zero-order valence-electron chi connectivity index (χ0n) is 11.0. The molecule has 2 rings (SSSR count). The van der Waals surface area contributed by atoms with Gasteiger partial charge in [-0.2, -0.15) is 0 Å². The Labute approximate surface area is 122 Å². The lowest BCUT2D eigenvalue weighted by molar-refractivity contribution is 0.0800. The average molecular weight is 294 g/mol. The van der Waals surface area contributed by atoms with Crippen molar-refractivity contribution in [1.29, 1.82) is 0 Å². The predicted octanol–water partition coefficient (Wildman–Crippen LogP) is 4.55. The summed E-state index contributed by atoms with van der Waals surface area (Å²) in [5.74, 6) is 0.0835. The maximum Gasteiger partial charge on any atom is 0.263 e. The summed E-state index contributed by atoms with van der Waals surface area (Å²) in [5, 5.41) is 0.710. The van der Waals surface area contributed by atoms with E-state index in [-0.39, 0.29) is 5.91 Å². The van der Waals surface area contributed by atoms with Crippen LogP contribution in [-0.4, -0.2) is 24.4 Å². The number of nitrogens with zero attached hydrogens (tertiary/aromatic N) is 1. The van der Waals surface area contributed by atoms with Crippen molar-refractivity contribution in [2.45, 2.75) is 13.3 Å². The molecule has 0 N–H and O–H groups in total. The van der Waals surface area contributed by atoms with Crippen LogP contribution in [0.2, 0.25) is 5.02 Å². The number of thiophene rings is 1. The molecule has 0 saturated carbocycles. The van der Waals surface area contributed by atoms with Crippen LogP contribution in [0.25, 0.3) is 10.4 Å². The van der Waals surface area contributed by atoms with Gasteiger partial charge in [-0.15, -0.1) is 11.3 Å². The third-order valence-corrected chi connectivity index (χ3v) is 4.19. The molecular formula is C15H16ClNOS. The van der Waals surface area contributed by atoms with Gasteiger partial charge in [0.1, 0.15) is 0 Å². The maximum absolute atomic E-state index is 12.2. The van der Waals surface area contributed by atoms with E-state index in [4.69, 9.17) is 11.6 Å². The third-order valence-electron chi connectivity index (χ3n) is 2.83. The summed E-state index contributed by atoms with van der Waals surface area (Å²) in [6.45, 7) is 2.85. The minimum absolute atomic E-state index is 0.0835. The fraction of sp³-hybridized carbons (Fsp3) is 0.267. The van der Waals surface area contributed by atoms with Crippen LogP contribution in [0.3, 0.4) is 0 Å². The van der Waals surface area contributed by atoms with E-state index in [1.807, 2.05) is 43.4 Å². The van der Waals surface area contributed by atoms with E-state index in [1.165, 1.54) is 11.3 Å². The molecule has 0 saturated heterocycles. The monoisotopic (exact) mass is 293 g/mol. The summed E-state index contributed by atoms with van der Waals surface area (Å²) in [5.41, 5.74) is 1.05. The first-order valence-corrected chi connectivity index (χ1v) is 7.42. The summed E-state index contributed by atoms with van der Waals surface area (Å²) >= 11 is 7.49. The van der Waals surface area contributed by atoms with Gasteiger partial charge in [0.2, 0.25) is 0 Å². The Balaban J connectivity index is 2.22. The Hall–Kier alpha value is -1.32. The number of rotatable bonds is 4. The Bertz CT molecular complexity index is 579. The second kappa shape index (κ2) is 6.22. The van der Waals surface area contributed by atoms with Gasteiger partial charge >= 0.3 is 0 Å². The smallest absolute Gasteiger partial charge is 0.263 e. The van der Waals surface area contributed by atoms with Crippen LogP contribution in [0.4, 0.5) is 0 Å². The number of benzene rings is 1. The Kier molecular flexibility index (Phi) is 4.61. The van der Waals surface area contributed by atoms with E-state index in [0.29, 0.717) is 5.02 Å². The van der Waals surface area contributed by atoms with Crippen LogP contribution in [0, 0.1) is 0 Å². The van der Waals surface area contributed by atoms with E-state index in [0.717, 1.165) is 28.3 Å². The summed E-state index contributed by atoms with van der Waals surface area (Å²) < 4.78 is 0. The number of halogens is 1. The van der Waals surface area contributed by atoms with Crippen molar-refractivity contribution in [3.05, 3.63) is 46.3 Å². The molecule has 1 amide bonds. The maximum atomic E-state index is 12.2. The fourth-order valence-electron chi connectivity index (χ4n) is 1.87. The van der Waals surface area contributed by atoms with Gasteiger partial charge in [0, 0.05) is 23.5 Å². The largest absolute Gasteiger partial charge is 0.341 e. The zero-order chi connectivity index (χ0) is 13.8. The molecule has 2 aromatic rings. The lowest BCUT2D eigenvalue weighted by Crippen LogP contribution is -2.26. The number of hydrogen-bond donors (Lipinski definition) is 0. The van der Waals surface area contributed by atoms with Gasteiger partial charge in [0.25, 0.3) is 5.91 Å². The van der Waals surface area contributed by atoms with Gasteiger partial charge < -0.3 is 4.90 Å². The molecule has 4 heteroatoms. The lowest BCUT2D eigenvalue weighted by Gasteiger charge is -2.14. The molecule has 100 valence electrons. The summed E-state index contributed by atoms with van der Waals surface area (Å²) in [4.78, 5) is 15.7. The van der Waals surface area contributed by atoms with Crippen molar-refractivity contribution in [3.63, 3.8) is 0 Å². The molecule has 0 atom stereocenters. The highest BCUT2D eigenvalue weighted by Gasteiger charge is 2.14. The van der Waals surface area contributed by atoms with Crippen LogP contribution in [-0.2, 0) is 0 Å². The summed E-state index contributed by atoms with van der Waals surface area (Å²) in [7, 11) is 1.84. The standard InChI is InChI=1S/C15H16ClNOS/c1-3-9-17(2)15(18)14-8-7-13(19-14)11-5-4-6-12(16)10-11/h4-8,10H,3,9H2,1-2H3. The number of amides is 1. The van der Waals surface area contributed by atoms with Gasteiger partial charge in [-0.05, 0) is 36.2 Å². The second-order valence-electron chi connectivity index (χ2n) is 4.40. The van der Waals surface area contributed by atoms with Crippen LogP contribution < -0.4 is 0 Å². The van der Waals surface area contributed by atoms with Crippen molar-refractivity contribution >= 4 is 28.8 Å². The Morgan fingerprint density at radius 2 is 2.11 bits per heavy atom. The number of carbonyl (C=O) groups excluding carboxylic acids is 1. The van der Waals surface area contributed by atoms with E-state index >= 15 is 0 Å².